The molecule has 7 nitrogen and oxygen atoms in total. The van der Waals surface area contributed by atoms with E-state index in [1.807, 2.05) is 6.92 Å². The van der Waals surface area contributed by atoms with Crippen LogP contribution in [0, 0.1) is 5.92 Å². The molecule has 0 aromatic heterocycles. The van der Waals surface area contributed by atoms with Crippen molar-refractivity contribution in [1.29, 1.82) is 0 Å². The molecule has 0 aromatic carbocycles. The van der Waals surface area contributed by atoms with Gasteiger partial charge in [-0.25, -0.2) is 9.59 Å². The van der Waals surface area contributed by atoms with Gasteiger partial charge < -0.3 is 21.1 Å². The average Bonchev–Trinajstić information content (AvgIpc) is 3.08. The number of nitrogens with one attached hydrogen (secondary N) is 1. The molecule has 1 aliphatic rings. The average molecular weight is 257 g/mol. The van der Waals surface area contributed by atoms with E-state index in [0.29, 0.717) is 5.92 Å². The monoisotopic (exact) mass is 257 g/mol. The highest BCUT2D eigenvalue weighted by Gasteiger charge is 2.33. The van der Waals surface area contributed by atoms with Crippen LogP contribution >= 0.6 is 0 Å². The Morgan fingerprint density at radius 1 is 1.44 bits per heavy atom. The largest absolute Gasteiger partial charge is 0.480 e. The highest BCUT2D eigenvalue weighted by Crippen LogP contribution is 2.34. The number of urea groups is 1. The van der Waals surface area contributed by atoms with Gasteiger partial charge in [-0.2, -0.15) is 0 Å². The Labute approximate surface area is 105 Å². The number of carboxylic acid groups (broad SMARTS) is 1. The first kappa shape index (κ1) is 14.3. The first-order valence-corrected chi connectivity index (χ1v) is 5.87. The molecule has 2 unspecified atom stereocenters. The quantitative estimate of drug-likeness (QED) is 0.609. The molecule has 1 rings (SSSR count). The maximum absolute atomic E-state index is 11.8. The molecule has 0 radical (unpaired) electrons. The molecule has 1 fully saturated rings. The van der Waals surface area contributed by atoms with Gasteiger partial charge in [0.05, 0.1) is 6.42 Å². The van der Waals surface area contributed by atoms with E-state index in [-0.39, 0.29) is 6.04 Å². The number of primary amides is 1. The van der Waals surface area contributed by atoms with Crippen molar-refractivity contribution in [2.24, 2.45) is 11.7 Å². The number of hydrogen-bond acceptors (Lipinski definition) is 3. The predicted molar refractivity (Wildman–Crippen MR) is 63.7 cm³/mol. The van der Waals surface area contributed by atoms with Crippen LogP contribution in [0.3, 0.4) is 0 Å². The molecule has 0 heterocycles. The second kappa shape index (κ2) is 5.70. The Bertz CT molecular complexity index is 354. The fourth-order valence-electron chi connectivity index (χ4n) is 1.73. The predicted octanol–water partition coefficient (Wildman–Crippen LogP) is -0.245. The Morgan fingerprint density at radius 2 is 2.00 bits per heavy atom. The van der Waals surface area contributed by atoms with Crippen LogP contribution in [0.15, 0.2) is 0 Å². The molecule has 4 N–H and O–H groups in total. The van der Waals surface area contributed by atoms with Crippen LogP contribution in [0.25, 0.3) is 0 Å². The molecule has 0 aromatic rings. The third-order valence-corrected chi connectivity index (χ3v) is 3.24. The molecule has 0 spiro atoms. The number of amides is 3. The number of aliphatic carboxylic acids is 1. The number of carbonyl (C=O) groups is 3. The number of nitrogens with zero attached hydrogens (tertiary/aromatic N) is 1. The van der Waals surface area contributed by atoms with Crippen LogP contribution in [0.4, 0.5) is 4.79 Å². The van der Waals surface area contributed by atoms with E-state index in [1.54, 1.807) is 7.05 Å². The van der Waals surface area contributed by atoms with Crippen molar-refractivity contribution in [2.45, 2.75) is 38.3 Å². The fraction of sp³-hybridized carbons (Fsp3) is 0.727. The highest BCUT2D eigenvalue weighted by molar-refractivity contribution is 5.87. The summed E-state index contributed by atoms with van der Waals surface area (Å²) in [5.74, 6) is -1.55. The fourth-order valence-corrected chi connectivity index (χ4v) is 1.73. The molecule has 1 aliphatic carbocycles. The third kappa shape index (κ3) is 3.90. The van der Waals surface area contributed by atoms with Gasteiger partial charge in [0.25, 0.3) is 0 Å². The lowest BCUT2D eigenvalue weighted by molar-refractivity contribution is -0.141. The summed E-state index contributed by atoms with van der Waals surface area (Å²) in [6, 6.07) is -1.71. The van der Waals surface area contributed by atoms with Crippen molar-refractivity contribution >= 4 is 17.9 Å². The lowest BCUT2D eigenvalue weighted by Crippen LogP contribution is -2.50. The van der Waals surface area contributed by atoms with Crippen LogP contribution in [0.1, 0.15) is 26.2 Å². The van der Waals surface area contributed by atoms with Gasteiger partial charge in [-0.15, -0.1) is 0 Å². The van der Waals surface area contributed by atoms with Crippen LogP contribution in [0.5, 0.6) is 0 Å². The normalized spacial score (nSPS) is 17.7. The number of nitrogens with two attached hydrogens (primary N) is 1. The molecule has 0 aliphatic heterocycles. The summed E-state index contributed by atoms with van der Waals surface area (Å²) >= 11 is 0. The van der Waals surface area contributed by atoms with E-state index in [0.717, 1.165) is 12.8 Å². The van der Waals surface area contributed by atoms with E-state index in [4.69, 9.17) is 10.8 Å². The number of carbonyl (C=O) groups excluding carboxylic acids is 2. The Kier molecular flexibility index (Phi) is 4.52. The second-order valence-electron chi connectivity index (χ2n) is 4.70. The van der Waals surface area contributed by atoms with Crippen molar-refractivity contribution < 1.29 is 19.5 Å². The number of hydrogen-bond donors (Lipinski definition) is 3. The van der Waals surface area contributed by atoms with Crippen LogP contribution in [0.2, 0.25) is 0 Å². The Morgan fingerprint density at radius 3 is 2.39 bits per heavy atom. The van der Waals surface area contributed by atoms with Gasteiger partial charge in [-0.05, 0) is 25.7 Å². The minimum Gasteiger partial charge on any atom is -0.480 e. The van der Waals surface area contributed by atoms with E-state index >= 15 is 0 Å². The molecule has 18 heavy (non-hydrogen) atoms. The van der Waals surface area contributed by atoms with E-state index in [1.165, 1.54) is 4.90 Å². The molecule has 7 heteroatoms. The van der Waals surface area contributed by atoms with E-state index in [9.17, 15) is 14.4 Å². The maximum Gasteiger partial charge on any atom is 0.326 e. The summed E-state index contributed by atoms with van der Waals surface area (Å²) in [7, 11) is 1.61. The zero-order chi connectivity index (χ0) is 13.9. The van der Waals surface area contributed by atoms with Crippen molar-refractivity contribution in [1.82, 2.24) is 10.2 Å². The summed E-state index contributed by atoms with van der Waals surface area (Å²) in [4.78, 5) is 34.9. The van der Waals surface area contributed by atoms with Gasteiger partial charge in [-0.1, -0.05) is 0 Å². The summed E-state index contributed by atoms with van der Waals surface area (Å²) in [5.41, 5.74) is 4.93. The topological polar surface area (TPSA) is 113 Å². The smallest absolute Gasteiger partial charge is 0.326 e. The van der Waals surface area contributed by atoms with Crippen LogP contribution in [-0.4, -0.2) is 47.0 Å². The standard InChI is InChI=1S/C11H19N3O4/c1-6(7-3-4-7)14(2)11(18)13-8(10(16)17)5-9(12)15/h6-8H,3-5H2,1-2H3,(H2,12,15)(H,13,18)(H,16,17). The van der Waals surface area contributed by atoms with Gasteiger partial charge >= 0.3 is 12.0 Å². The molecular weight excluding hydrogens is 238 g/mol. The first-order chi connectivity index (χ1) is 8.32. The highest BCUT2D eigenvalue weighted by atomic mass is 16.4. The Hall–Kier alpha value is -1.79. The first-order valence-electron chi connectivity index (χ1n) is 5.87. The Balaban J connectivity index is 2.54. The SMILES string of the molecule is CC(C1CC1)N(C)C(=O)NC(CC(N)=O)C(=O)O. The van der Waals surface area contributed by atoms with Gasteiger partial charge in [0.2, 0.25) is 5.91 Å². The van der Waals surface area contributed by atoms with Crippen LogP contribution in [-0.2, 0) is 9.59 Å². The third-order valence-electron chi connectivity index (χ3n) is 3.24. The van der Waals surface area contributed by atoms with Gasteiger partial charge in [0.1, 0.15) is 6.04 Å². The van der Waals surface area contributed by atoms with Crippen molar-refractivity contribution in [3.63, 3.8) is 0 Å². The lowest BCUT2D eigenvalue weighted by Gasteiger charge is -2.26. The summed E-state index contributed by atoms with van der Waals surface area (Å²) < 4.78 is 0. The maximum atomic E-state index is 11.8. The second-order valence-corrected chi connectivity index (χ2v) is 4.70. The number of carboxylic acids is 1. The lowest BCUT2D eigenvalue weighted by atomic mass is 10.2. The van der Waals surface area contributed by atoms with Gasteiger partial charge in [-0.3, -0.25) is 4.79 Å². The molecule has 2 atom stereocenters. The van der Waals surface area contributed by atoms with Gasteiger partial charge in [0, 0.05) is 13.1 Å². The number of rotatable bonds is 6. The van der Waals surface area contributed by atoms with Crippen molar-refractivity contribution in [3.8, 4) is 0 Å². The van der Waals surface area contributed by atoms with E-state index < -0.39 is 30.4 Å². The molecule has 102 valence electrons. The molecule has 3 amide bonds. The van der Waals surface area contributed by atoms with Crippen molar-refractivity contribution in [2.75, 3.05) is 7.05 Å². The van der Waals surface area contributed by atoms with E-state index in [2.05, 4.69) is 5.32 Å². The molecule has 1 saturated carbocycles. The molecule has 0 saturated heterocycles. The summed E-state index contributed by atoms with van der Waals surface area (Å²) in [6.07, 6.45) is 1.76. The summed E-state index contributed by atoms with van der Waals surface area (Å²) in [5, 5.41) is 11.2. The zero-order valence-electron chi connectivity index (χ0n) is 10.5. The molecule has 0 bridgehead atoms. The zero-order valence-corrected chi connectivity index (χ0v) is 10.5. The van der Waals surface area contributed by atoms with Gasteiger partial charge in [0.15, 0.2) is 0 Å². The van der Waals surface area contributed by atoms with Crippen LogP contribution < -0.4 is 11.1 Å². The minimum absolute atomic E-state index is 0.0630. The minimum atomic E-state index is -1.27. The molecular formula is C11H19N3O4. The van der Waals surface area contributed by atoms with Crippen molar-refractivity contribution in [3.05, 3.63) is 0 Å². The summed E-state index contributed by atoms with van der Waals surface area (Å²) in [6.45, 7) is 1.92.